The van der Waals surface area contributed by atoms with Crippen LogP contribution in [-0.4, -0.2) is 41.4 Å². The van der Waals surface area contributed by atoms with Crippen molar-refractivity contribution in [3.8, 4) is 5.75 Å². The number of amides is 2. The summed E-state index contributed by atoms with van der Waals surface area (Å²) in [5.41, 5.74) is 1.39. The summed E-state index contributed by atoms with van der Waals surface area (Å²) in [4.78, 5) is 30.5. The molecular weight excluding hydrogens is 350 g/mol. The summed E-state index contributed by atoms with van der Waals surface area (Å²) in [5, 5.41) is 5.14. The Morgan fingerprint density at radius 2 is 1.96 bits per heavy atom. The average Bonchev–Trinajstić information content (AvgIpc) is 3.04. The molecule has 0 aliphatic heterocycles. The van der Waals surface area contributed by atoms with Crippen LogP contribution in [-0.2, 0) is 4.79 Å². The van der Waals surface area contributed by atoms with Gasteiger partial charge in [0.25, 0.3) is 5.91 Å². The molecule has 1 N–H and O–H groups in total. The van der Waals surface area contributed by atoms with E-state index in [2.05, 4.69) is 17.2 Å². The van der Waals surface area contributed by atoms with Crippen LogP contribution in [0.25, 0.3) is 0 Å². The monoisotopic (exact) mass is 375 g/mol. The molecule has 1 heterocycles. The predicted octanol–water partition coefficient (Wildman–Crippen LogP) is 3.73. The number of aromatic nitrogens is 1. The number of carbonyl (C=O) groups is 2. The Morgan fingerprint density at radius 1 is 1.23 bits per heavy atom. The first-order valence-corrected chi connectivity index (χ1v) is 9.65. The van der Waals surface area contributed by atoms with E-state index in [1.54, 1.807) is 24.3 Å². The Morgan fingerprint density at radius 3 is 2.54 bits per heavy atom. The number of unbranched alkanes of at least 4 members (excludes halogenated alkanes) is 1. The minimum absolute atomic E-state index is 0.0112. The fourth-order valence-corrected chi connectivity index (χ4v) is 2.99. The van der Waals surface area contributed by atoms with Crippen molar-refractivity contribution >= 4 is 28.3 Å². The van der Waals surface area contributed by atoms with Crippen LogP contribution in [0, 0.1) is 6.92 Å². The van der Waals surface area contributed by atoms with Gasteiger partial charge in [0, 0.05) is 17.5 Å². The summed E-state index contributed by atoms with van der Waals surface area (Å²) in [7, 11) is 0. The molecule has 1 aromatic carbocycles. The Kier molecular flexibility index (Phi) is 7.59. The highest BCUT2D eigenvalue weighted by Crippen LogP contribution is 2.16. The minimum Gasteiger partial charge on any atom is -0.494 e. The maximum Gasteiger partial charge on any atom is 0.254 e. The second kappa shape index (κ2) is 9.91. The van der Waals surface area contributed by atoms with Crippen LogP contribution in [0.1, 0.15) is 42.7 Å². The zero-order valence-corrected chi connectivity index (χ0v) is 16.3. The van der Waals surface area contributed by atoms with E-state index in [9.17, 15) is 9.59 Å². The van der Waals surface area contributed by atoms with E-state index in [1.165, 1.54) is 16.2 Å². The Labute approximate surface area is 158 Å². The SMILES string of the molecule is CCCCOc1ccc(C(=O)N(CC)CC(=O)Nc2nc(C)cs2)cc1. The zero-order chi connectivity index (χ0) is 18.9. The van der Waals surface area contributed by atoms with E-state index < -0.39 is 0 Å². The molecule has 1 aromatic heterocycles. The van der Waals surface area contributed by atoms with E-state index in [-0.39, 0.29) is 18.4 Å². The van der Waals surface area contributed by atoms with E-state index in [1.807, 2.05) is 19.2 Å². The molecule has 0 saturated heterocycles. The number of carbonyl (C=O) groups excluding carboxylic acids is 2. The highest BCUT2D eigenvalue weighted by atomic mass is 32.1. The molecule has 0 aliphatic rings. The minimum atomic E-state index is -0.255. The smallest absolute Gasteiger partial charge is 0.254 e. The molecule has 26 heavy (non-hydrogen) atoms. The lowest BCUT2D eigenvalue weighted by atomic mass is 10.2. The summed E-state index contributed by atoms with van der Waals surface area (Å²) >= 11 is 1.37. The number of likely N-dealkylation sites (N-methyl/N-ethyl adjacent to an activating group) is 1. The number of ether oxygens (including phenoxy) is 1. The van der Waals surface area contributed by atoms with Gasteiger partial charge in [-0.15, -0.1) is 11.3 Å². The van der Waals surface area contributed by atoms with Crippen LogP contribution in [0.4, 0.5) is 5.13 Å². The van der Waals surface area contributed by atoms with Gasteiger partial charge in [-0.3, -0.25) is 9.59 Å². The number of aryl methyl sites for hydroxylation is 1. The van der Waals surface area contributed by atoms with Crippen LogP contribution < -0.4 is 10.1 Å². The van der Waals surface area contributed by atoms with Gasteiger partial charge in [0.05, 0.1) is 12.3 Å². The van der Waals surface area contributed by atoms with Crippen LogP contribution >= 0.6 is 11.3 Å². The number of anilines is 1. The maximum absolute atomic E-state index is 12.6. The van der Waals surface area contributed by atoms with Crippen molar-refractivity contribution in [1.29, 1.82) is 0 Å². The maximum atomic E-state index is 12.6. The molecular formula is C19H25N3O3S. The van der Waals surface area contributed by atoms with Gasteiger partial charge in [0.2, 0.25) is 5.91 Å². The van der Waals surface area contributed by atoms with Crippen molar-refractivity contribution in [1.82, 2.24) is 9.88 Å². The first-order valence-electron chi connectivity index (χ1n) is 8.77. The lowest BCUT2D eigenvalue weighted by Gasteiger charge is -2.20. The third-order valence-electron chi connectivity index (χ3n) is 3.74. The summed E-state index contributed by atoms with van der Waals surface area (Å²) in [5.74, 6) is 0.307. The number of nitrogens with one attached hydrogen (secondary N) is 1. The van der Waals surface area contributed by atoms with Crippen LogP contribution in [0.15, 0.2) is 29.6 Å². The van der Waals surface area contributed by atoms with Crippen molar-refractivity contribution in [2.75, 3.05) is 25.0 Å². The van der Waals surface area contributed by atoms with E-state index in [0.717, 1.165) is 24.3 Å². The molecule has 7 heteroatoms. The number of benzene rings is 1. The summed E-state index contributed by atoms with van der Waals surface area (Å²) in [6, 6.07) is 7.03. The van der Waals surface area contributed by atoms with Crippen molar-refractivity contribution in [2.45, 2.75) is 33.6 Å². The number of hydrogen-bond acceptors (Lipinski definition) is 5. The Hall–Kier alpha value is -2.41. The fourth-order valence-electron chi connectivity index (χ4n) is 2.28. The first kappa shape index (κ1) is 19.9. The molecule has 2 rings (SSSR count). The van der Waals surface area contributed by atoms with Crippen LogP contribution in [0.2, 0.25) is 0 Å². The van der Waals surface area contributed by atoms with Crippen molar-refractivity contribution in [3.63, 3.8) is 0 Å². The van der Waals surface area contributed by atoms with Gasteiger partial charge < -0.3 is 15.0 Å². The fraction of sp³-hybridized carbons (Fsp3) is 0.421. The van der Waals surface area contributed by atoms with Crippen LogP contribution in [0.3, 0.4) is 0 Å². The van der Waals surface area contributed by atoms with Gasteiger partial charge >= 0.3 is 0 Å². The molecule has 0 fully saturated rings. The third-order valence-corrected chi connectivity index (χ3v) is 4.61. The summed E-state index contributed by atoms with van der Waals surface area (Å²) in [6.45, 7) is 6.92. The zero-order valence-electron chi connectivity index (χ0n) is 15.4. The topological polar surface area (TPSA) is 71.5 Å². The normalized spacial score (nSPS) is 10.4. The standard InChI is InChI=1S/C19H25N3O3S/c1-4-6-11-25-16-9-7-15(8-10-16)18(24)22(5-2)12-17(23)21-19-20-14(3)13-26-19/h7-10,13H,4-6,11-12H2,1-3H3,(H,20,21,23). The van der Waals surface area contributed by atoms with E-state index in [0.29, 0.717) is 23.8 Å². The molecule has 0 unspecified atom stereocenters. The number of rotatable bonds is 9. The van der Waals surface area contributed by atoms with Gasteiger partial charge in [-0.05, 0) is 44.5 Å². The van der Waals surface area contributed by atoms with E-state index >= 15 is 0 Å². The molecule has 6 nitrogen and oxygen atoms in total. The first-order chi connectivity index (χ1) is 12.5. The summed E-state index contributed by atoms with van der Waals surface area (Å²) in [6.07, 6.45) is 2.07. The average molecular weight is 375 g/mol. The highest BCUT2D eigenvalue weighted by molar-refractivity contribution is 7.13. The third kappa shape index (κ3) is 5.84. The molecule has 0 spiro atoms. The largest absolute Gasteiger partial charge is 0.494 e. The number of nitrogens with zero attached hydrogens (tertiary/aromatic N) is 2. The highest BCUT2D eigenvalue weighted by Gasteiger charge is 2.18. The van der Waals surface area contributed by atoms with Crippen molar-refractivity contribution in [2.24, 2.45) is 0 Å². The van der Waals surface area contributed by atoms with Gasteiger partial charge in [0.15, 0.2) is 5.13 Å². The second-order valence-corrected chi connectivity index (χ2v) is 6.75. The number of hydrogen-bond donors (Lipinski definition) is 1. The molecule has 0 saturated carbocycles. The molecule has 140 valence electrons. The molecule has 0 atom stereocenters. The Balaban J connectivity index is 1.93. The molecule has 0 radical (unpaired) electrons. The molecule has 2 amide bonds. The quantitative estimate of drug-likeness (QED) is 0.678. The van der Waals surface area contributed by atoms with Gasteiger partial charge in [-0.1, -0.05) is 13.3 Å². The molecule has 0 aliphatic carbocycles. The predicted molar refractivity (Wildman–Crippen MR) is 104 cm³/mol. The van der Waals surface area contributed by atoms with Gasteiger partial charge in [-0.25, -0.2) is 4.98 Å². The van der Waals surface area contributed by atoms with Gasteiger partial charge in [0.1, 0.15) is 12.3 Å². The molecule has 2 aromatic rings. The lowest BCUT2D eigenvalue weighted by Crippen LogP contribution is -2.37. The van der Waals surface area contributed by atoms with Crippen molar-refractivity contribution in [3.05, 3.63) is 40.9 Å². The van der Waals surface area contributed by atoms with Crippen LogP contribution in [0.5, 0.6) is 5.75 Å². The summed E-state index contributed by atoms with van der Waals surface area (Å²) < 4.78 is 5.61. The Bertz CT molecular complexity index is 728. The number of thiazole rings is 1. The molecule has 0 bridgehead atoms. The second-order valence-electron chi connectivity index (χ2n) is 5.89. The van der Waals surface area contributed by atoms with Crippen molar-refractivity contribution < 1.29 is 14.3 Å². The lowest BCUT2D eigenvalue weighted by molar-refractivity contribution is -0.116. The van der Waals surface area contributed by atoms with E-state index in [4.69, 9.17) is 4.74 Å². The van der Waals surface area contributed by atoms with Gasteiger partial charge in [-0.2, -0.15) is 0 Å².